The van der Waals surface area contributed by atoms with Gasteiger partial charge in [0.1, 0.15) is 5.54 Å². The maximum absolute atomic E-state index is 11.4. The molecule has 1 heterocycles. The molecule has 0 saturated heterocycles. The highest BCUT2D eigenvalue weighted by molar-refractivity contribution is 7.99. The zero-order chi connectivity index (χ0) is 15.3. The third-order valence-corrected chi connectivity index (χ3v) is 4.81. The van der Waals surface area contributed by atoms with Crippen LogP contribution in [-0.2, 0) is 4.79 Å². The van der Waals surface area contributed by atoms with Crippen molar-refractivity contribution in [1.29, 1.82) is 0 Å². The number of carboxylic acids is 1. The van der Waals surface area contributed by atoms with Crippen LogP contribution in [0.5, 0.6) is 0 Å². The minimum absolute atomic E-state index is 0.578. The maximum atomic E-state index is 11.4. The van der Waals surface area contributed by atoms with Gasteiger partial charge in [0.2, 0.25) is 0 Å². The van der Waals surface area contributed by atoms with Crippen LogP contribution in [0.25, 0.3) is 11.0 Å². The van der Waals surface area contributed by atoms with Crippen molar-refractivity contribution in [2.75, 3.05) is 12.8 Å². The fourth-order valence-corrected chi connectivity index (χ4v) is 3.21. The number of nitrogens with one attached hydrogen (secondary N) is 2. The van der Waals surface area contributed by atoms with E-state index in [1.54, 1.807) is 18.8 Å². The average Bonchev–Trinajstić information content (AvgIpc) is 2.90. The second-order valence-electron chi connectivity index (χ2n) is 5.00. The van der Waals surface area contributed by atoms with Crippen molar-refractivity contribution in [3.05, 3.63) is 24.3 Å². The first-order valence-electron chi connectivity index (χ1n) is 7.11. The van der Waals surface area contributed by atoms with Gasteiger partial charge in [-0.2, -0.15) is 0 Å². The number of rotatable bonds is 8. The molecule has 3 N–H and O–H groups in total. The summed E-state index contributed by atoms with van der Waals surface area (Å²) in [7, 11) is 1.71. The van der Waals surface area contributed by atoms with E-state index in [9.17, 15) is 9.90 Å². The van der Waals surface area contributed by atoms with E-state index in [2.05, 4.69) is 15.3 Å². The first-order chi connectivity index (χ1) is 10.1. The van der Waals surface area contributed by atoms with Crippen LogP contribution in [0.1, 0.15) is 26.2 Å². The average molecular weight is 307 g/mol. The molecule has 114 valence electrons. The van der Waals surface area contributed by atoms with Crippen molar-refractivity contribution < 1.29 is 9.90 Å². The Hall–Kier alpha value is -1.53. The van der Waals surface area contributed by atoms with Gasteiger partial charge in [-0.1, -0.05) is 30.8 Å². The fraction of sp³-hybridized carbons (Fsp3) is 0.467. The van der Waals surface area contributed by atoms with E-state index in [1.807, 2.05) is 31.2 Å². The number of para-hydroxylation sites is 2. The molecule has 0 saturated carbocycles. The summed E-state index contributed by atoms with van der Waals surface area (Å²) >= 11 is 1.63. The molecule has 6 heteroatoms. The quantitative estimate of drug-likeness (QED) is 0.516. The number of likely N-dealkylation sites (N-methyl/N-ethyl adjacent to an activating group) is 1. The number of nitrogens with zero attached hydrogens (tertiary/aromatic N) is 1. The molecule has 0 aliphatic rings. The van der Waals surface area contributed by atoms with Gasteiger partial charge < -0.3 is 15.4 Å². The van der Waals surface area contributed by atoms with Crippen LogP contribution in [0, 0.1) is 0 Å². The summed E-state index contributed by atoms with van der Waals surface area (Å²) in [6.45, 7) is 1.90. The highest BCUT2D eigenvalue weighted by Gasteiger charge is 2.33. The van der Waals surface area contributed by atoms with Gasteiger partial charge in [-0.25, -0.2) is 4.98 Å². The Bertz CT molecular complexity index is 575. The first kappa shape index (κ1) is 15.9. The molecule has 21 heavy (non-hydrogen) atoms. The smallest absolute Gasteiger partial charge is 0.323 e. The number of aromatic amines is 1. The van der Waals surface area contributed by atoms with E-state index in [-0.39, 0.29) is 0 Å². The fourth-order valence-electron chi connectivity index (χ4n) is 2.38. The number of hydrogen-bond donors (Lipinski definition) is 3. The number of aliphatic carboxylic acids is 1. The molecule has 0 radical (unpaired) electrons. The molecule has 0 aliphatic carbocycles. The SMILES string of the molecule is CCC(CCCSc1nc2ccccc2[nH]1)(NC)C(=O)O. The number of carboxylic acid groups (broad SMARTS) is 1. The van der Waals surface area contributed by atoms with E-state index < -0.39 is 11.5 Å². The lowest BCUT2D eigenvalue weighted by Crippen LogP contribution is -2.49. The van der Waals surface area contributed by atoms with Crippen molar-refractivity contribution >= 4 is 28.8 Å². The molecule has 0 fully saturated rings. The van der Waals surface area contributed by atoms with Crippen molar-refractivity contribution in [3.63, 3.8) is 0 Å². The number of hydrogen-bond acceptors (Lipinski definition) is 4. The third-order valence-electron chi connectivity index (χ3n) is 3.85. The predicted octanol–water partition coefficient (Wildman–Crippen LogP) is 2.89. The molecule has 0 aliphatic heterocycles. The summed E-state index contributed by atoms with van der Waals surface area (Å²) in [4.78, 5) is 19.1. The lowest BCUT2D eigenvalue weighted by molar-refractivity contribution is -0.145. The van der Waals surface area contributed by atoms with Crippen LogP contribution < -0.4 is 5.32 Å². The third kappa shape index (κ3) is 3.57. The second-order valence-corrected chi connectivity index (χ2v) is 6.09. The minimum atomic E-state index is -0.811. The van der Waals surface area contributed by atoms with Crippen molar-refractivity contribution in [3.8, 4) is 0 Å². The highest BCUT2D eigenvalue weighted by Crippen LogP contribution is 2.23. The number of thioether (sulfide) groups is 1. The Morgan fingerprint density at radius 1 is 1.48 bits per heavy atom. The van der Waals surface area contributed by atoms with Gasteiger partial charge in [0, 0.05) is 5.75 Å². The molecule has 1 unspecified atom stereocenters. The number of benzene rings is 1. The van der Waals surface area contributed by atoms with Crippen molar-refractivity contribution in [1.82, 2.24) is 15.3 Å². The Kier molecular flexibility index (Phi) is 5.25. The van der Waals surface area contributed by atoms with Gasteiger partial charge in [-0.15, -0.1) is 0 Å². The molecule has 0 spiro atoms. The van der Waals surface area contributed by atoms with Crippen LogP contribution in [0.3, 0.4) is 0 Å². The zero-order valence-electron chi connectivity index (χ0n) is 12.3. The minimum Gasteiger partial charge on any atom is -0.480 e. The lowest BCUT2D eigenvalue weighted by atomic mass is 9.91. The Labute approximate surface area is 128 Å². The summed E-state index contributed by atoms with van der Waals surface area (Å²) in [5.41, 5.74) is 1.18. The Morgan fingerprint density at radius 2 is 2.24 bits per heavy atom. The van der Waals surface area contributed by atoms with Gasteiger partial charge in [-0.05, 0) is 38.4 Å². The van der Waals surface area contributed by atoms with E-state index in [0.29, 0.717) is 12.8 Å². The summed E-state index contributed by atoms with van der Waals surface area (Å²) in [6, 6.07) is 7.92. The molecular weight excluding hydrogens is 286 g/mol. The molecule has 2 rings (SSSR count). The Balaban J connectivity index is 1.88. The molecule has 1 aromatic carbocycles. The van der Waals surface area contributed by atoms with E-state index in [1.165, 1.54) is 0 Å². The van der Waals surface area contributed by atoms with Crippen LogP contribution in [0.15, 0.2) is 29.4 Å². The van der Waals surface area contributed by atoms with Crippen LogP contribution in [0.2, 0.25) is 0 Å². The molecule has 0 bridgehead atoms. The molecule has 2 aromatic rings. The van der Waals surface area contributed by atoms with Crippen molar-refractivity contribution in [2.24, 2.45) is 0 Å². The number of carbonyl (C=O) groups is 1. The van der Waals surface area contributed by atoms with Crippen molar-refractivity contribution in [2.45, 2.75) is 36.9 Å². The summed E-state index contributed by atoms with van der Waals surface area (Å²) < 4.78 is 0. The largest absolute Gasteiger partial charge is 0.480 e. The summed E-state index contributed by atoms with van der Waals surface area (Å²) in [6.07, 6.45) is 2.01. The number of fused-ring (bicyclic) bond motifs is 1. The topological polar surface area (TPSA) is 78.0 Å². The highest BCUT2D eigenvalue weighted by atomic mass is 32.2. The lowest BCUT2D eigenvalue weighted by Gasteiger charge is -2.27. The van der Waals surface area contributed by atoms with E-state index in [4.69, 9.17) is 0 Å². The van der Waals surface area contributed by atoms with Gasteiger partial charge in [0.15, 0.2) is 5.16 Å². The Morgan fingerprint density at radius 3 is 2.86 bits per heavy atom. The molecule has 5 nitrogen and oxygen atoms in total. The monoisotopic (exact) mass is 307 g/mol. The number of H-pyrrole nitrogens is 1. The van der Waals surface area contributed by atoms with Crippen LogP contribution in [-0.4, -0.2) is 39.4 Å². The molecular formula is C15H21N3O2S. The first-order valence-corrected chi connectivity index (χ1v) is 8.09. The van der Waals surface area contributed by atoms with Gasteiger partial charge in [0.05, 0.1) is 11.0 Å². The van der Waals surface area contributed by atoms with E-state index in [0.717, 1.165) is 28.4 Å². The van der Waals surface area contributed by atoms with Gasteiger partial charge in [0.25, 0.3) is 0 Å². The second kappa shape index (κ2) is 6.95. The van der Waals surface area contributed by atoms with Crippen LogP contribution >= 0.6 is 11.8 Å². The van der Waals surface area contributed by atoms with E-state index >= 15 is 0 Å². The molecule has 1 aromatic heterocycles. The standard InChI is InChI=1S/C15H21N3O2S/c1-3-15(16-2,13(19)20)9-6-10-21-14-17-11-7-4-5-8-12(11)18-14/h4-5,7-8,16H,3,6,9-10H2,1-2H3,(H,17,18)(H,19,20). The van der Waals surface area contributed by atoms with Crippen LogP contribution in [0.4, 0.5) is 0 Å². The zero-order valence-corrected chi connectivity index (χ0v) is 13.2. The van der Waals surface area contributed by atoms with Gasteiger partial charge >= 0.3 is 5.97 Å². The normalized spacial score (nSPS) is 14.2. The molecule has 1 atom stereocenters. The van der Waals surface area contributed by atoms with Gasteiger partial charge in [-0.3, -0.25) is 4.79 Å². The maximum Gasteiger partial charge on any atom is 0.323 e. The number of aromatic nitrogens is 2. The number of imidazole rings is 1. The predicted molar refractivity (Wildman–Crippen MR) is 85.8 cm³/mol. The molecule has 0 amide bonds. The summed E-state index contributed by atoms with van der Waals surface area (Å²) in [5.74, 6) is 0.0671. The summed E-state index contributed by atoms with van der Waals surface area (Å²) in [5, 5.41) is 13.2.